The number of benzene rings is 3. The number of hydrogen-bond donors (Lipinski definition) is 1. The maximum Gasteiger partial charge on any atom is 0.416 e. The van der Waals surface area contributed by atoms with Gasteiger partial charge >= 0.3 is 6.18 Å². The number of rotatable bonds is 6. The molecule has 11 heteroatoms. The molecule has 0 atom stereocenters. The van der Waals surface area contributed by atoms with Gasteiger partial charge in [-0.1, -0.05) is 41.9 Å². The number of hydrogen-bond acceptors (Lipinski definition) is 4. The third-order valence-electron chi connectivity index (χ3n) is 7.63. The Bertz CT molecular complexity index is 1420. The number of halogens is 4. The lowest BCUT2D eigenvalue weighted by Gasteiger charge is -2.43. The Labute approximate surface area is 240 Å². The molecule has 41 heavy (non-hydrogen) atoms. The second-order valence-corrected chi connectivity index (χ2v) is 10.7. The summed E-state index contributed by atoms with van der Waals surface area (Å²) in [7, 11) is 0. The van der Waals surface area contributed by atoms with E-state index in [4.69, 9.17) is 11.6 Å². The molecular weight excluding hydrogens is 557 g/mol. The van der Waals surface area contributed by atoms with Crippen molar-refractivity contribution in [3.05, 3.63) is 101 Å². The second kappa shape index (κ2) is 11.4. The molecule has 7 nitrogen and oxygen atoms in total. The lowest BCUT2D eigenvalue weighted by atomic mass is 9.85. The molecular formula is C30H28ClF3N4O3. The van der Waals surface area contributed by atoms with Crippen molar-refractivity contribution in [3.63, 3.8) is 0 Å². The van der Waals surface area contributed by atoms with E-state index in [1.807, 2.05) is 35.2 Å². The summed E-state index contributed by atoms with van der Waals surface area (Å²) < 4.78 is 39.1. The summed E-state index contributed by atoms with van der Waals surface area (Å²) in [5.74, 6) is -0.829. The van der Waals surface area contributed by atoms with E-state index in [0.29, 0.717) is 42.1 Å². The second-order valence-electron chi connectivity index (χ2n) is 10.2. The first kappa shape index (κ1) is 28.5. The van der Waals surface area contributed by atoms with Crippen molar-refractivity contribution < 1.29 is 27.6 Å². The quantitative estimate of drug-likeness (QED) is 0.445. The fourth-order valence-corrected chi connectivity index (χ4v) is 5.59. The van der Waals surface area contributed by atoms with Gasteiger partial charge < -0.3 is 20.0 Å². The number of carbonyl (C=O) groups excluding carboxylic acids is 3. The summed E-state index contributed by atoms with van der Waals surface area (Å²) in [4.78, 5) is 45.0. The first-order valence-electron chi connectivity index (χ1n) is 13.2. The van der Waals surface area contributed by atoms with Crippen LogP contribution in [0.4, 0.5) is 18.9 Å². The lowest BCUT2D eigenvalue weighted by Crippen LogP contribution is -2.57. The van der Waals surface area contributed by atoms with Gasteiger partial charge in [-0.25, -0.2) is 0 Å². The van der Waals surface area contributed by atoms with Crippen LogP contribution in [0.3, 0.4) is 0 Å². The first-order valence-corrected chi connectivity index (χ1v) is 13.5. The van der Waals surface area contributed by atoms with Gasteiger partial charge in [0.25, 0.3) is 11.8 Å². The molecule has 0 bridgehead atoms. The van der Waals surface area contributed by atoms with Crippen LogP contribution in [0, 0.1) is 0 Å². The fourth-order valence-electron chi connectivity index (χ4n) is 5.46. The minimum absolute atomic E-state index is 0.0971. The number of alkyl halides is 3. The zero-order chi connectivity index (χ0) is 29.2. The molecule has 2 aliphatic rings. The van der Waals surface area contributed by atoms with Crippen molar-refractivity contribution >= 4 is 35.0 Å². The standard InChI is InChI=1S/C30H28ClF3N4O3/c31-24-11-9-22(10-12-24)27(40)36-15-13-29(14-16-36)28(41)37(20-38(29)25-7-2-1-3-8-25)19-26(39)35-18-21-5-4-6-23(17-21)30(32,33)34/h1-12,17H,13-16,18-20H2,(H,35,39). The van der Waals surface area contributed by atoms with E-state index >= 15 is 0 Å². The highest BCUT2D eigenvalue weighted by molar-refractivity contribution is 6.30. The van der Waals surface area contributed by atoms with Crippen LogP contribution in [-0.2, 0) is 22.3 Å². The van der Waals surface area contributed by atoms with Crippen molar-refractivity contribution in [2.45, 2.75) is 31.1 Å². The number of amides is 3. The zero-order valence-electron chi connectivity index (χ0n) is 22.0. The Kier molecular flexibility index (Phi) is 7.95. The van der Waals surface area contributed by atoms with Gasteiger partial charge in [0.15, 0.2) is 0 Å². The number of likely N-dealkylation sites (tertiary alicyclic amines) is 1. The predicted molar refractivity (Wildman–Crippen MR) is 148 cm³/mol. The molecule has 2 saturated heterocycles. The summed E-state index contributed by atoms with van der Waals surface area (Å²) in [6.07, 6.45) is -3.73. The van der Waals surface area contributed by atoms with Crippen molar-refractivity contribution in [2.24, 2.45) is 0 Å². The fraction of sp³-hybridized carbons (Fsp3) is 0.300. The van der Waals surface area contributed by atoms with Crippen molar-refractivity contribution in [3.8, 4) is 0 Å². The number of carbonyl (C=O) groups is 3. The SMILES string of the molecule is O=C(CN1CN(c2ccccc2)C2(CCN(C(=O)c3ccc(Cl)cc3)CC2)C1=O)NCc1cccc(C(F)(F)F)c1. The summed E-state index contributed by atoms with van der Waals surface area (Å²) >= 11 is 5.96. The summed E-state index contributed by atoms with van der Waals surface area (Å²) in [6, 6.07) is 20.8. The van der Waals surface area contributed by atoms with Crippen LogP contribution < -0.4 is 10.2 Å². The highest BCUT2D eigenvalue weighted by Crippen LogP contribution is 2.39. The summed E-state index contributed by atoms with van der Waals surface area (Å²) in [6.45, 7) is 0.541. The molecule has 3 amide bonds. The summed E-state index contributed by atoms with van der Waals surface area (Å²) in [5, 5.41) is 3.17. The molecule has 0 saturated carbocycles. The Hall–Kier alpha value is -4.05. The summed E-state index contributed by atoms with van der Waals surface area (Å²) in [5.41, 5.74) is -0.0759. The lowest BCUT2D eigenvalue weighted by molar-refractivity contribution is -0.138. The van der Waals surface area contributed by atoms with Crippen LogP contribution >= 0.6 is 11.6 Å². The van der Waals surface area contributed by atoms with Gasteiger partial charge in [-0.3, -0.25) is 14.4 Å². The van der Waals surface area contributed by atoms with Crippen LogP contribution in [0.25, 0.3) is 0 Å². The average molecular weight is 585 g/mol. The van der Waals surface area contributed by atoms with E-state index in [1.54, 1.807) is 29.2 Å². The monoisotopic (exact) mass is 584 g/mol. The van der Waals surface area contributed by atoms with Crippen LogP contribution in [0.5, 0.6) is 0 Å². The molecule has 214 valence electrons. The topological polar surface area (TPSA) is 73.0 Å². The normalized spacial score (nSPS) is 16.8. The van der Waals surface area contributed by atoms with E-state index in [2.05, 4.69) is 5.32 Å². The van der Waals surface area contributed by atoms with Crippen LogP contribution in [0.1, 0.15) is 34.3 Å². The van der Waals surface area contributed by atoms with Crippen molar-refractivity contribution in [1.29, 1.82) is 0 Å². The van der Waals surface area contributed by atoms with Gasteiger partial charge in [-0.2, -0.15) is 13.2 Å². The van der Waals surface area contributed by atoms with Gasteiger partial charge in [0.05, 0.1) is 12.2 Å². The molecule has 1 spiro atoms. The van der Waals surface area contributed by atoms with Gasteiger partial charge in [0.2, 0.25) is 5.91 Å². The number of para-hydroxylation sites is 1. The highest BCUT2D eigenvalue weighted by Gasteiger charge is 2.54. The molecule has 0 aromatic heterocycles. The van der Waals surface area contributed by atoms with Crippen LogP contribution in [0.2, 0.25) is 5.02 Å². The Morgan fingerprint density at radius 3 is 2.27 bits per heavy atom. The molecule has 0 radical (unpaired) electrons. The predicted octanol–water partition coefficient (Wildman–Crippen LogP) is 4.96. The molecule has 5 rings (SSSR count). The van der Waals surface area contributed by atoms with E-state index in [0.717, 1.165) is 17.8 Å². The molecule has 3 aromatic carbocycles. The third kappa shape index (κ3) is 6.02. The number of nitrogens with zero attached hydrogens (tertiary/aromatic N) is 3. The Morgan fingerprint density at radius 1 is 0.927 bits per heavy atom. The largest absolute Gasteiger partial charge is 0.416 e. The molecule has 0 unspecified atom stereocenters. The maximum absolute atomic E-state index is 13.9. The Balaban J connectivity index is 1.28. The molecule has 3 aromatic rings. The van der Waals surface area contributed by atoms with E-state index in [9.17, 15) is 27.6 Å². The molecule has 2 fully saturated rings. The number of piperidine rings is 1. The van der Waals surface area contributed by atoms with E-state index in [-0.39, 0.29) is 31.6 Å². The molecule has 2 heterocycles. The molecule has 2 aliphatic heterocycles. The maximum atomic E-state index is 13.9. The number of nitrogens with one attached hydrogen (secondary N) is 1. The number of anilines is 1. The van der Waals surface area contributed by atoms with Gasteiger partial charge in [-0.05, 0) is 66.9 Å². The Morgan fingerprint density at radius 2 is 1.61 bits per heavy atom. The van der Waals surface area contributed by atoms with Gasteiger partial charge in [0, 0.05) is 35.9 Å². The first-order chi connectivity index (χ1) is 19.6. The van der Waals surface area contributed by atoms with E-state index in [1.165, 1.54) is 17.0 Å². The molecule has 1 N–H and O–H groups in total. The van der Waals surface area contributed by atoms with Crippen molar-refractivity contribution in [1.82, 2.24) is 15.1 Å². The van der Waals surface area contributed by atoms with E-state index < -0.39 is 23.2 Å². The van der Waals surface area contributed by atoms with Crippen LogP contribution in [-0.4, -0.2) is 59.4 Å². The van der Waals surface area contributed by atoms with Gasteiger partial charge in [-0.15, -0.1) is 0 Å². The average Bonchev–Trinajstić information content (AvgIpc) is 3.23. The molecule has 0 aliphatic carbocycles. The van der Waals surface area contributed by atoms with Crippen LogP contribution in [0.15, 0.2) is 78.9 Å². The zero-order valence-corrected chi connectivity index (χ0v) is 22.8. The minimum Gasteiger partial charge on any atom is -0.350 e. The third-order valence-corrected chi connectivity index (χ3v) is 7.88. The van der Waals surface area contributed by atoms with Gasteiger partial charge in [0.1, 0.15) is 12.1 Å². The minimum atomic E-state index is -4.48. The van der Waals surface area contributed by atoms with Crippen molar-refractivity contribution in [2.75, 3.05) is 31.2 Å². The smallest absolute Gasteiger partial charge is 0.350 e. The highest BCUT2D eigenvalue weighted by atomic mass is 35.5.